The van der Waals surface area contributed by atoms with Gasteiger partial charge in [0.1, 0.15) is 0 Å². The van der Waals surface area contributed by atoms with Crippen LogP contribution in [-0.2, 0) is 11.2 Å². The van der Waals surface area contributed by atoms with Crippen LogP contribution in [0.5, 0.6) is 0 Å². The average Bonchev–Trinajstić information content (AvgIpc) is 3.09. The Kier molecular flexibility index (Phi) is 6.36. The summed E-state index contributed by atoms with van der Waals surface area (Å²) in [6, 6.07) is 14.3. The van der Waals surface area contributed by atoms with Gasteiger partial charge in [0.05, 0.1) is 16.8 Å². The van der Waals surface area contributed by atoms with Gasteiger partial charge in [-0.2, -0.15) is 0 Å². The minimum atomic E-state index is -0.185. The number of aromatic nitrogens is 1. The fourth-order valence-corrected chi connectivity index (χ4v) is 4.87. The number of nitrogens with one attached hydrogen (secondary N) is 2. The Morgan fingerprint density at radius 1 is 1.10 bits per heavy atom. The lowest BCUT2D eigenvalue weighted by Gasteiger charge is -2.10. The number of hydrogen-bond donors (Lipinski definition) is 2. The summed E-state index contributed by atoms with van der Waals surface area (Å²) in [5, 5.41) is 9.06. The average molecular weight is 515 g/mol. The minimum Gasteiger partial charge on any atom is -0.326 e. The van der Waals surface area contributed by atoms with Crippen molar-refractivity contribution < 1.29 is 9.59 Å². The summed E-state index contributed by atoms with van der Waals surface area (Å²) in [6.07, 6.45) is 1.84. The molecular formula is C23H17BrClN3O2S. The van der Waals surface area contributed by atoms with Crippen LogP contribution < -0.4 is 10.6 Å². The van der Waals surface area contributed by atoms with Gasteiger partial charge in [0.2, 0.25) is 5.91 Å². The molecule has 4 aromatic rings. The smallest absolute Gasteiger partial charge is 0.266 e. The van der Waals surface area contributed by atoms with E-state index in [1.54, 1.807) is 36.5 Å². The number of benzene rings is 2. The number of carbonyl (C=O) groups excluding carboxylic acids is 2. The molecule has 0 atom stereocenters. The molecule has 2 heterocycles. The van der Waals surface area contributed by atoms with Gasteiger partial charge in [-0.1, -0.05) is 23.7 Å². The highest BCUT2D eigenvalue weighted by atomic mass is 79.9. The number of rotatable bonds is 5. The zero-order valence-corrected chi connectivity index (χ0v) is 19.6. The maximum Gasteiger partial charge on any atom is 0.266 e. The summed E-state index contributed by atoms with van der Waals surface area (Å²) in [7, 11) is 0. The second kappa shape index (κ2) is 9.18. The Labute approximate surface area is 196 Å². The van der Waals surface area contributed by atoms with E-state index in [9.17, 15) is 9.59 Å². The Balaban J connectivity index is 1.47. The van der Waals surface area contributed by atoms with Gasteiger partial charge in [-0.05, 0) is 70.4 Å². The van der Waals surface area contributed by atoms with E-state index in [4.69, 9.17) is 11.6 Å². The molecule has 2 N–H and O–H groups in total. The first kappa shape index (κ1) is 21.5. The third kappa shape index (κ3) is 4.79. The van der Waals surface area contributed by atoms with Crippen molar-refractivity contribution in [2.75, 3.05) is 10.6 Å². The van der Waals surface area contributed by atoms with Crippen molar-refractivity contribution in [3.63, 3.8) is 0 Å². The van der Waals surface area contributed by atoms with Gasteiger partial charge < -0.3 is 10.6 Å². The molecule has 5 nitrogen and oxygen atoms in total. The molecular weight excluding hydrogens is 498 g/mol. The number of halogens is 2. The lowest BCUT2D eigenvalue weighted by Crippen LogP contribution is -2.15. The summed E-state index contributed by atoms with van der Waals surface area (Å²) in [5.41, 5.74) is 3.60. The number of nitrogens with zero attached hydrogens (tertiary/aromatic N) is 1. The molecule has 0 aliphatic heterocycles. The lowest BCUT2D eigenvalue weighted by molar-refractivity contribution is -0.115. The van der Waals surface area contributed by atoms with Crippen molar-refractivity contribution in [2.24, 2.45) is 0 Å². The maximum absolute atomic E-state index is 12.7. The van der Waals surface area contributed by atoms with Crippen molar-refractivity contribution >= 4 is 73.0 Å². The quantitative estimate of drug-likeness (QED) is 0.321. The maximum atomic E-state index is 12.7. The molecule has 0 spiro atoms. The Hall–Kier alpha value is -2.74. The van der Waals surface area contributed by atoms with Gasteiger partial charge in [0.15, 0.2) is 0 Å². The predicted octanol–water partition coefficient (Wildman–Crippen LogP) is 6.45. The minimum absolute atomic E-state index is 0.156. The van der Waals surface area contributed by atoms with E-state index in [0.29, 0.717) is 26.8 Å². The van der Waals surface area contributed by atoms with Crippen molar-refractivity contribution in [1.82, 2.24) is 4.98 Å². The number of pyridine rings is 1. The van der Waals surface area contributed by atoms with E-state index in [0.717, 1.165) is 21.0 Å². The van der Waals surface area contributed by atoms with E-state index in [1.165, 1.54) is 11.3 Å². The Bertz CT molecular complexity index is 1310. The summed E-state index contributed by atoms with van der Waals surface area (Å²) in [4.78, 5) is 30.2. The topological polar surface area (TPSA) is 71.1 Å². The summed E-state index contributed by atoms with van der Waals surface area (Å²) < 4.78 is 0.910. The molecule has 2 amide bonds. The van der Waals surface area contributed by atoms with Gasteiger partial charge in [0.25, 0.3) is 5.91 Å². The van der Waals surface area contributed by atoms with Gasteiger partial charge >= 0.3 is 0 Å². The van der Waals surface area contributed by atoms with E-state index >= 15 is 0 Å². The van der Waals surface area contributed by atoms with Gasteiger partial charge in [-0.3, -0.25) is 14.6 Å². The second-order valence-corrected chi connectivity index (χ2v) is 9.04. The molecule has 4 rings (SSSR count). The molecule has 0 saturated carbocycles. The molecule has 156 valence electrons. The number of carbonyl (C=O) groups is 2. The molecule has 8 heteroatoms. The van der Waals surface area contributed by atoms with E-state index in [-0.39, 0.29) is 18.2 Å². The zero-order valence-electron chi connectivity index (χ0n) is 16.4. The molecule has 31 heavy (non-hydrogen) atoms. The van der Waals surface area contributed by atoms with E-state index < -0.39 is 0 Å². The predicted molar refractivity (Wildman–Crippen MR) is 130 cm³/mol. The van der Waals surface area contributed by atoms with Crippen LogP contribution in [-0.4, -0.2) is 16.8 Å². The van der Waals surface area contributed by atoms with Gasteiger partial charge in [-0.25, -0.2) is 0 Å². The number of amides is 2. The molecule has 0 aliphatic carbocycles. The normalized spacial score (nSPS) is 10.8. The van der Waals surface area contributed by atoms with Crippen LogP contribution in [0.2, 0.25) is 5.02 Å². The standard InChI is InChI=1S/C23H17BrClN3O2S/c1-13-18(24)12-31-22(13)23(30)28-16-5-2-4-15(11-16)27-20(29)10-14-7-8-19(25)17-6-3-9-26-21(14)17/h2-9,11-12H,10H2,1H3,(H,27,29)(H,28,30). The summed E-state index contributed by atoms with van der Waals surface area (Å²) in [6.45, 7) is 1.89. The van der Waals surface area contributed by atoms with Gasteiger partial charge in [-0.15, -0.1) is 11.3 Å². The SMILES string of the molecule is Cc1c(Br)csc1C(=O)Nc1cccc(NC(=O)Cc2ccc(Cl)c3cccnc23)c1. The zero-order chi connectivity index (χ0) is 22.0. The molecule has 0 unspecified atom stereocenters. The van der Waals surface area contributed by atoms with E-state index in [1.807, 2.05) is 30.5 Å². The number of fused-ring (bicyclic) bond motifs is 1. The number of thiophene rings is 1. The largest absolute Gasteiger partial charge is 0.326 e. The molecule has 2 aromatic carbocycles. The molecule has 0 aliphatic rings. The van der Waals surface area contributed by atoms with Crippen molar-refractivity contribution in [3.05, 3.63) is 85.6 Å². The van der Waals surface area contributed by atoms with Crippen molar-refractivity contribution in [2.45, 2.75) is 13.3 Å². The molecule has 2 aromatic heterocycles. The van der Waals surface area contributed by atoms with Crippen LogP contribution >= 0.6 is 38.9 Å². The first-order valence-corrected chi connectivity index (χ1v) is 11.4. The molecule has 0 saturated heterocycles. The Morgan fingerprint density at radius 2 is 1.87 bits per heavy atom. The van der Waals surface area contributed by atoms with E-state index in [2.05, 4.69) is 31.5 Å². The third-order valence-corrected chi connectivity index (χ3v) is 7.28. The number of anilines is 2. The van der Waals surface area contributed by atoms with Crippen LogP contribution in [0.3, 0.4) is 0 Å². The highest BCUT2D eigenvalue weighted by Crippen LogP contribution is 2.28. The fourth-order valence-electron chi connectivity index (χ4n) is 3.20. The second-order valence-electron chi connectivity index (χ2n) is 6.90. The van der Waals surface area contributed by atoms with Crippen LogP contribution in [0.25, 0.3) is 10.9 Å². The monoisotopic (exact) mass is 513 g/mol. The highest BCUT2D eigenvalue weighted by Gasteiger charge is 2.15. The summed E-state index contributed by atoms with van der Waals surface area (Å²) in [5.74, 6) is -0.369. The molecule has 0 bridgehead atoms. The Morgan fingerprint density at radius 3 is 2.61 bits per heavy atom. The first-order valence-electron chi connectivity index (χ1n) is 9.39. The van der Waals surface area contributed by atoms with Crippen LogP contribution in [0, 0.1) is 6.92 Å². The highest BCUT2D eigenvalue weighted by molar-refractivity contribution is 9.10. The van der Waals surface area contributed by atoms with Crippen LogP contribution in [0.4, 0.5) is 11.4 Å². The third-order valence-electron chi connectivity index (χ3n) is 4.74. The van der Waals surface area contributed by atoms with Crippen LogP contribution in [0.1, 0.15) is 20.8 Å². The molecule has 0 fully saturated rings. The lowest BCUT2D eigenvalue weighted by atomic mass is 10.1. The molecule has 0 radical (unpaired) electrons. The first-order chi connectivity index (χ1) is 14.9. The van der Waals surface area contributed by atoms with Gasteiger partial charge in [0, 0.05) is 37.8 Å². The number of hydrogen-bond acceptors (Lipinski definition) is 4. The summed E-state index contributed by atoms with van der Waals surface area (Å²) >= 11 is 11.0. The van der Waals surface area contributed by atoms with Crippen molar-refractivity contribution in [1.29, 1.82) is 0 Å². The fraction of sp³-hybridized carbons (Fsp3) is 0.0870. The van der Waals surface area contributed by atoms with Crippen LogP contribution in [0.15, 0.2) is 64.6 Å². The van der Waals surface area contributed by atoms with Crippen molar-refractivity contribution in [3.8, 4) is 0 Å².